The summed E-state index contributed by atoms with van der Waals surface area (Å²) in [6, 6.07) is 0. The van der Waals surface area contributed by atoms with Gasteiger partial charge in [0.05, 0.1) is 6.61 Å². The molecule has 0 N–H and O–H groups in total. The number of hydrogen-bond acceptors (Lipinski definition) is 4. The van der Waals surface area contributed by atoms with Gasteiger partial charge in [-0.3, -0.25) is 4.90 Å². The number of rotatable bonds is 8. The summed E-state index contributed by atoms with van der Waals surface area (Å²) in [5, 5.41) is 0. The molecule has 0 saturated carbocycles. The second kappa shape index (κ2) is 10.00. The van der Waals surface area contributed by atoms with Crippen LogP contribution in [0.2, 0.25) is 0 Å². The van der Waals surface area contributed by atoms with Crippen molar-refractivity contribution < 1.29 is 9.53 Å². The van der Waals surface area contributed by atoms with E-state index in [1.165, 1.54) is 0 Å². The first kappa shape index (κ1) is 17.2. The van der Waals surface area contributed by atoms with Crippen molar-refractivity contribution in [1.82, 2.24) is 14.7 Å². The smallest absolute Gasteiger partial charge is 0.409 e. The maximum absolute atomic E-state index is 11.8. The normalized spacial score (nSPS) is 16.7. The highest BCUT2D eigenvalue weighted by atomic mass is 16.6. The van der Waals surface area contributed by atoms with Crippen molar-refractivity contribution in [3.63, 3.8) is 0 Å². The Morgan fingerprint density at radius 1 is 1.10 bits per heavy atom. The van der Waals surface area contributed by atoms with Crippen LogP contribution in [0.1, 0.15) is 33.6 Å². The largest absolute Gasteiger partial charge is 0.449 e. The van der Waals surface area contributed by atoms with E-state index in [1.807, 2.05) is 4.90 Å². The molecule has 1 heterocycles. The van der Waals surface area contributed by atoms with E-state index < -0.39 is 0 Å². The minimum absolute atomic E-state index is 0.137. The van der Waals surface area contributed by atoms with Gasteiger partial charge in [0, 0.05) is 39.3 Å². The van der Waals surface area contributed by atoms with Crippen molar-refractivity contribution in [3.05, 3.63) is 0 Å². The number of ether oxygens (including phenoxy) is 1. The lowest BCUT2D eigenvalue weighted by Gasteiger charge is -2.35. The van der Waals surface area contributed by atoms with Crippen LogP contribution in [0.4, 0.5) is 4.79 Å². The molecular weight excluding hydrogens is 254 g/mol. The molecule has 1 aliphatic heterocycles. The molecule has 5 nitrogen and oxygen atoms in total. The molecule has 0 radical (unpaired) electrons. The summed E-state index contributed by atoms with van der Waals surface area (Å²) in [6.45, 7) is 15.0. The number of piperazine rings is 1. The third-order valence-electron chi connectivity index (χ3n) is 3.98. The van der Waals surface area contributed by atoms with E-state index in [2.05, 4.69) is 30.6 Å². The molecule has 0 aromatic heterocycles. The fourth-order valence-corrected chi connectivity index (χ4v) is 2.37. The molecule has 1 amide bonds. The minimum atomic E-state index is -0.137. The molecule has 1 fully saturated rings. The van der Waals surface area contributed by atoms with E-state index in [0.29, 0.717) is 6.61 Å². The third kappa shape index (κ3) is 6.09. The van der Waals surface area contributed by atoms with Crippen LogP contribution in [0.5, 0.6) is 0 Å². The Morgan fingerprint density at radius 3 is 2.30 bits per heavy atom. The van der Waals surface area contributed by atoms with E-state index in [-0.39, 0.29) is 6.09 Å². The van der Waals surface area contributed by atoms with E-state index >= 15 is 0 Å². The summed E-state index contributed by atoms with van der Waals surface area (Å²) >= 11 is 0. The maximum Gasteiger partial charge on any atom is 0.409 e. The highest BCUT2D eigenvalue weighted by molar-refractivity contribution is 5.67. The zero-order chi connectivity index (χ0) is 14.8. The Bertz CT molecular complexity index is 262. The number of carbonyl (C=O) groups excluding carboxylic acids is 1. The average molecular weight is 285 g/mol. The van der Waals surface area contributed by atoms with Gasteiger partial charge in [-0.15, -0.1) is 0 Å². The van der Waals surface area contributed by atoms with Crippen LogP contribution in [0.25, 0.3) is 0 Å². The van der Waals surface area contributed by atoms with Gasteiger partial charge < -0.3 is 14.5 Å². The molecule has 118 valence electrons. The second-order valence-electron chi connectivity index (χ2n) is 5.32. The molecule has 1 rings (SSSR count). The second-order valence-corrected chi connectivity index (χ2v) is 5.32. The van der Waals surface area contributed by atoms with Crippen molar-refractivity contribution in [2.75, 3.05) is 59.0 Å². The standard InChI is InChI=1S/C15H31N3O2/c1-4-7-14-20-15(19)18-12-10-17(11-13-18)9-8-16(5-2)6-3/h4-14H2,1-3H3. The first-order chi connectivity index (χ1) is 9.71. The molecule has 20 heavy (non-hydrogen) atoms. The maximum atomic E-state index is 11.8. The van der Waals surface area contributed by atoms with E-state index in [4.69, 9.17) is 4.74 Å². The van der Waals surface area contributed by atoms with Crippen LogP contribution in [-0.2, 0) is 4.74 Å². The first-order valence-corrected chi connectivity index (χ1v) is 8.07. The van der Waals surface area contributed by atoms with Crippen LogP contribution in [-0.4, -0.2) is 79.8 Å². The van der Waals surface area contributed by atoms with Gasteiger partial charge >= 0.3 is 6.09 Å². The molecule has 0 aromatic carbocycles. The van der Waals surface area contributed by atoms with Crippen molar-refractivity contribution in [2.24, 2.45) is 0 Å². The lowest BCUT2D eigenvalue weighted by Crippen LogP contribution is -2.50. The van der Waals surface area contributed by atoms with Crippen molar-refractivity contribution in [3.8, 4) is 0 Å². The summed E-state index contributed by atoms with van der Waals surface area (Å²) < 4.78 is 5.25. The molecule has 0 unspecified atom stereocenters. The van der Waals surface area contributed by atoms with Crippen molar-refractivity contribution in [1.29, 1.82) is 0 Å². The van der Waals surface area contributed by atoms with Crippen molar-refractivity contribution >= 4 is 6.09 Å². The number of unbranched alkanes of at least 4 members (excludes halogenated alkanes) is 1. The van der Waals surface area contributed by atoms with Crippen LogP contribution in [0, 0.1) is 0 Å². The summed E-state index contributed by atoms with van der Waals surface area (Å²) in [7, 11) is 0. The molecule has 0 atom stereocenters. The summed E-state index contributed by atoms with van der Waals surface area (Å²) in [4.78, 5) is 18.5. The molecule has 0 aromatic rings. The SMILES string of the molecule is CCCCOC(=O)N1CCN(CCN(CC)CC)CC1. The summed E-state index contributed by atoms with van der Waals surface area (Å²) in [6.07, 6.45) is 1.88. The molecule has 0 spiro atoms. The molecular formula is C15H31N3O2. The highest BCUT2D eigenvalue weighted by Crippen LogP contribution is 2.04. The quantitative estimate of drug-likeness (QED) is 0.638. The number of carbonyl (C=O) groups is 1. The van der Waals surface area contributed by atoms with Gasteiger partial charge in [0.2, 0.25) is 0 Å². The number of likely N-dealkylation sites (N-methyl/N-ethyl adjacent to an activating group) is 1. The zero-order valence-corrected chi connectivity index (χ0v) is 13.4. The lowest BCUT2D eigenvalue weighted by molar-refractivity contribution is 0.0728. The zero-order valence-electron chi connectivity index (χ0n) is 13.4. The Labute approximate surface area is 123 Å². The molecule has 1 aliphatic rings. The summed E-state index contributed by atoms with van der Waals surface area (Å²) in [5.41, 5.74) is 0. The predicted octanol–water partition coefficient (Wildman–Crippen LogP) is 1.88. The summed E-state index contributed by atoms with van der Waals surface area (Å²) in [5.74, 6) is 0. The number of hydrogen-bond donors (Lipinski definition) is 0. The van der Waals surface area contributed by atoms with Crippen molar-refractivity contribution in [2.45, 2.75) is 33.6 Å². The topological polar surface area (TPSA) is 36.0 Å². The molecule has 0 aliphatic carbocycles. The van der Waals surface area contributed by atoms with Crippen LogP contribution >= 0.6 is 0 Å². The average Bonchev–Trinajstić information content (AvgIpc) is 2.49. The van der Waals surface area contributed by atoms with Gasteiger partial charge in [-0.1, -0.05) is 27.2 Å². The Kier molecular flexibility index (Phi) is 8.62. The lowest BCUT2D eigenvalue weighted by atomic mass is 10.3. The monoisotopic (exact) mass is 285 g/mol. The van der Waals surface area contributed by atoms with E-state index in [0.717, 1.165) is 65.2 Å². The molecule has 5 heteroatoms. The molecule has 0 bridgehead atoms. The Morgan fingerprint density at radius 2 is 1.75 bits per heavy atom. The van der Waals surface area contributed by atoms with Crippen LogP contribution < -0.4 is 0 Å². The first-order valence-electron chi connectivity index (χ1n) is 8.07. The third-order valence-corrected chi connectivity index (χ3v) is 3.98. The van der Waals surface area contributed by atoms with Gasteiger partial charge in [-0.2, -0.15) is 0 Å². The van der Waals surface area contributed by atoms with E-state index in [1.54, 1.807) is 0 Å². The van der Waals surface area contributed by atoms with Gasteiger partial charge in [-0.25, -0.2) is 4.79 Å². The van der Waals surface area contributed by atoms with Crippen LogP contribution in [0.3, 0.4) is 0 Å². The van der Waals surface area contributed by atoms with Gasteiger partial charge in [0.1, 0.15) is 0 Å². The predicted molar refractivity (Wildman–Crippen MR) is 82.1 cm³/mol. The Balaban J connectivity index is 2.17. The van der Waals surface area contributed by atoms with E-state index in [9.17, 15) is 4.79 Å². The minimum Gasteiger partial charge on any atom is -0.449 e. The van der Waals surface area contributed by atoms with Crippen LogP contribution in [0.15, 0.2) is 0 Å². The molecule has 1 saturated heterocycles. The van der Waals surface area contributed by atoms with Gasteiger partial charge in [0.25, 0.3) is 0 Å². The van der Waals surface area contributed by atoms with Gasteiger partial charge in [0.15, 0.2) is 0 Å². The number of nitrogens with zero attached hydrogens (tertiary/aromatic N) is 3. The fraction of sp³-hybridized carbons (Fsp3) is 0.933. The number of amides is 1. The fourth-order valence-electron chi connectivity index (χ4n) is 2.37. The Hall–Kier alpha value is -0.810. The highest BCUT2D eigenvalue weighted by Gasteiger charge is 2.21. The van der Waals surface area contributed by atoms with Gasteiger partial charge in [-0.05, 0) is 19.5 Å².